The predicted octanol–water partition coefficient (Wildman–Crippen LogP) is 6.79. The molecule has 0 unspecified atom stereocenters. The van der Waals surface area contributed by atoms with E-state index in [4.69, 9.17) is 16.3 Å². The first kappa shape index (κ1) is 24.5. The van der Waals surface area contributed by atoms with Crippen LogP contribution in [0, 0.1) is 33.5 Å². The highest BCUT2D eigenvalue weighted by atomic mass is 35.5. The number of amides is 1. The van der Waals surface area contributed by atoms with Crippen LogP contribution < -0.4 is 10.1 Å². The number of aryl methyl sites for hydroxylation is 3. The lowest BCUT2D eigenvalue weighted by atomic mass is 10.1. The second-order valence-corrected chi connectivity index (χ2v) is 9.02. The van der Waals surface area contributed by atoms with Crippen molar-refractivity contribution in [3.05, 3.63) is 111 Å². The van der Waals surface area contributed by atoms with Crippen molar-refractivity contribution in [2.45, 2.75) is 40.8 Å². The Kier molecular flexibility index (Phi) is 7.22. The lowest BCUT2D eigenvalue weighted by Gasteiger charge is -2.11. The Hall–Kier alpha value is -3.64. The molecule has 0 bridgehead atoms. The molecule has 1 N–H and O–H groups in total. The van der Waals surface area contributed by atoms with E-state index in [0.29, 0.717) is 39.8 Å². The van der Waals surface area contributed by atoms with E-state index in [9.17, 15) is 9.18 Å². The molecule has 0 saturated carbocycles. The van der Waals surface area contributed by atoms with Crippen LogP contribution in [0.2, 0.25) is 5.02 Å². The number of carbonyl (C=O) groups is 1. The van der Waals surface area contributed by atoms with Crippen molar-refractivity contribution in [3.63, 3.8) is 0 Å². The zero-order chi connectivity index (χ0) is 25.1. The van der Waals surface area contributed by atoms with Crippen molar-refractivity contribution >= 4 is 23.2 Å². The minimum atomic E-state index is -0.393. The van der Waals surface area contributed by atoms with E-state index in [0.717, 1.165) is 16.9 Å². The number of nitrogens with zero attached hydrogens (tertiary/aromatic N) is 2. The Bertz CT molecular complexity index is 1380. The van der Waals surface area contributed by atoms with Gasteiger partial charge in [0.25, 0.3) is 5.91 Å². The molecule has 0 aliphatic carbocycles. The summed E-state index contributed by atoms with van der Waals surface area (Å²) in [5, 5.41) is 7.78. The fourth-order valence-electron chi connectivity index (χ4n) is 3.98. The van der Waals surface area contributed by atoms with Gasteiger partial charge in [-0.3, -0.25) is 9.48 Å². The van der Waals surface area contributed by atoms with Crippen LogP contribution in [0.5, 0.6) is 5.75 Å². The average Bonchev–Trinajstić information content (AvgIpc) is 3.08. The average molecular weight is 492 g/mol. The van der Waals surface area contributed by atoms with Gasteiger partial charge in [0.15, 0.2) is 0 Å². The van der Waals surface area contributed by atoms with Crippen LogP contribution in [0.4, 0.5) is 10.1 Å². The van der Waals surface area contributed by atoms with Gasteiger partial charge in [0.1, 0.15) is 18.2 Å². The molecule has 0 aliphatic rings. The standard InChI is InChI=1S/C28H27ClFN3O2/c1-17-11-12-26(18(2)13-17)35-16-21-7-5-8-22(14-21)28(34)31-27-19(3)32-33(20(27)4)15-23-24(29)9-6-10-25(23)30/h5-14H,15-16H2,1-4H3,(H,31,34). The van der Waals surface area contributed by atoms with Crippen LogP contribution in [-0.2, 0) is 13.2 Å². The molecule has 0 aliphatic heterocycles. The van der Waals surface area contributed by atoms with Crippen LogP contribution in [0.25, 0.3) is 0 Å². The maximum atomic E-state index is 14.2. The van der Waals surface area contributed by atoms with E-state index in [1.807, 2.05) is 51.1 Å². The Morgan fingerprint density at radius 2 is 1.83 bits per heavy atom. The number of hydrogen-bond acceptors (Lipinski definition) is 3. The molecule has 5 nitrogen and oxygen atoms in total. The third-order valence-electron chi connectivity index (χ3n) is 5.90. The number of ether oxygens (including phenoxy) is 1. The zero-order valence-electron chi connectivity index (χ0n) is 20.2. The molecule has 0 radical (unpaired) electrons. The van der Waals surface area contributed by atoms with Gasteiger partial charge in [-0.25, -0.2) is 4.39 Å². The van der Waals surface area contributed by atoms with Gasteiger partial charge in [-0.2, -0.15) is 5.10 Å². The first-order valence-electron chi connectivity index (χ1n) is 11.3. The SMILES string of the molecule is Cc1ccc(OCc2cccc(C(=O)Nc3c(C)nn(Cc4c(F)cccc4Cl)c3C)c2)c(C)c1. The summed E-state index contributed by atoms with van der Waals surface area (Å²) in [6.07, 6.45) is 0. The van der Waals surface area contributed by atoms with Gasteiger partial charge in [-0.15, -0.1) is 0 Å². The fourth-order valence-corrected chi connectivity index (χ4v) is 4.20. The van der Waals surface area contributed by atoms with Gasteiger partial charge in [0.2, 0.25) is 0 Å². The smallest absolute Gasteiger partial charge is 0.255 e. The van der Waals surface area contributed by atoms with Gasteiger partial charge >= 0.3 is 0 Å². The van der Waals surface area contributed by atoms with E-state index in [1.54, 1.807) is 29.8 Å². The minimum Gasteiger partial charge on any atom is -0.489 e. The summed E-state index contributed by atoms with van der Waals surface area (Å²) >= 11 is 6.18. The summed E-state index contributed by atoms with van der Waals surface area (Å²) in [4.78, 5) is 13.0. The van der Waals surface area contributed by atoms with Crippen LogP contribution >= 0.6 is 11.6 Å². The number of benzene rings is 3. The van der Waals surface area contributed by atoms with Gasteiger partial charge in [0.05, 0.1) is 23.6 Å². The summed E-state index contributed by atoms with van der Waals surface area (Å²) in [6, 6.07) is 17.9. The van der Waals surface area contributed by atoms with Crippen LogP contribution in [0.15, 0.2) is 60.7 Å². The molecular weight excluding hydrogens is 465 g/mol. The molecule has 1 amide bonds. The van der Waals surface area contributed by atoms with E-state index in [1.165, 1.54) is 11.6 Å². The summed E-state index contributed by atoms with van der Waals surface area (Å²) in [7, 11) is 0. The van der Waals surface area contributed by atoms with Gasteiger partial charge in [0, 0.05) is 16.1 Å². The molecule has 180 valence electrons. The predicted molar refractivity (Wildman–Crippen MR) is 137 cm³/mol. The number of halogens is 2. The summed E-state index contributed by atoms with van der Waals surface area (Å²) in [5.41, 5.74) is 5.94. The van der Waals surface area contributed by atoms with Crippen molar-refractivity contribution in [1.29, 1.82) is 0 Å². The monoisotopic (exact) mass is 491 g/mol. The van der Waals surface area contributed by atoms with Crippen LogP contribution in [0.1, 0.15) is 44.0 Å². The van der Waals surface area contributed by atoms with E-state index >= 15 is 0 Å². The fraction of sp³-hybridized carbons (Fsp3) is 0.214. The number of nitrogens with one attached hydrogen (secondary N) is 1. The largest absolute Gasteiger partial charge is 0.489 e. The van der Waals surface area contributed by atoms with Gasteiger partial charge in [-0.05, 0) is 69.2 Å². The maximum absolute atomic E-state index is 14.2. The van der Waals surface area contributed by atoms with Crippen molar-refractivity contribution < 1.29 is 13.9 Å². The first-order valence-corrected chi connectivity index (χ1v) is 11.7. The Morgan fingerprint density at radius 1 is 1.06 bits per heavy atom. The molecule has 35 heavy (non-hydrogen) atoms. The van der Waals surface area contributed by atoms with E-state index < -0.39 is 5.82 Å². The number of hydrogen-bond donors (Lipinski definition) is 1. The molecule has 3 aromatic carbocycles. The van der Waals surface area contributed by atoms with Crippen molar-refractivity contribution in [2.75, 3.05) is 5.32 Å². The lowest BCUT2D eigenvalue weighted by molar-refractivity contribution is 0.102. The Balaban J connectivity index is 1.48. The van der Waals surface area contributed by atoms with Crippen molar-refractivity contribution in [2.24, 2.45) is 0 Å². The molecule has 0 spiro atoms. The number of rotatable bonds is 7. The topological polar surface area (TPSA) is 56.1 Å². The summed E-state index contributed by atoms with van der Waals surface area (Å²) in [5.74, 6) is 0.169. The quantitative estimate of drug-likeness (QED) is 0.309. The molecule has 0 atom stereocenters. The third-order valence-corrected chi connectivity index (χ3v) is 6.26. The highest BCUT2D eigenvalue weighted by Crippen LogP contribution is 2.25. The van der Waals surface area contributed by atoms with Gasteiger partial charge in [-0.1, -0.05) is 47.5 Å². The minimum absolute atomic E-state index is 0.166. The second-order valence-electron chi connectivity index (χ2n) is 8.62. The lowest BCUT2D eigenvalue weighted by Crippen LogP contribution is -2.14. The molecule has 1 aromatic heterocycles. The molecule has 0 fully saturated rings. The summed E-state index contributed by atoms with van der Waals surface area (Å²) < 4.78 is 21.9. The molecule has 1 heterocycles. The number of anilines is 1. The van der Waals surface area contributed by atoms with E-state index in [2.05, 4.69) is 16.5 Å². The Morgan fingerprint density at radius 3 is 2.57 bits per heavy atom. The Labute approximate surface area is 209 Å². The molecule has 0 saturated heterocycles. The van der Waals surface area contributed by atoms with Gasteiger partial charge < -0.3 is 10.1 Å². The van der Waals surface area contributed by atoms with Crippen molar-refractivity contribution in [1.82, 2.24) is 9.78 Å². The molecule has 4 aromatic rings. The second kappa shape index (κ2) is 10.3. The molecular formula is C28H27ClFN3O2. The summed E-state index contributed by atoms with van der Waals surface area (Å²) in [6.45, 7) is 8.21. The first-order chi connectivity index (χ1) is 16.7. The highest BCUT2D eigenvalue weighted by molar-refractivity contribution is 6.31. The maximum Gasteiger partial charge on any atom is 0.255 e. The van der Waals surface area contributed by atoms with Crippen LogP contribution in [0.3, 0.4) is 0 Å². The molecule has 4 rings (SSSR count). The van der Waals surface area contributed by atoms with E-state index in [-0.39, 0.29) is 12.5 Å². The normalized spacial score (nSPS) is 10.9. The highest BCUT2D eigenvalue weighted by Gasteiger charge is 2.18. The molecule has 7 heteroatoms. The van der Waals surface area contributed by atoms with Crippen LogP contribution in [-0.4, -0.2) is 15.7 Å². The zero-order valence-corrected chi connectivity index (χ0v) is 20.9. The number of aromatic nitrogens is 2. The third kappa shape index (κ3) is 5.54. The van der Waals surface area contributed by atoms with Crippen molar-refractivity contribution in [3.8, 4) is 5.75 Å². The number of carbonyl (C=O) groups excluding carboxylic acids is 1.